The van der Waals surface area contributed by atoms with Crippen LogP contribution in [0, 0.1) is 0 Å². The van der Waals surface area contributed by atoms with Crippen LogP contribution >= 0.6 is 12.4 Å². The zero-order valence-corrected chi connectivity index (χ0v) is 11.4. The van der Waals surface area contributed by atoms with Crippen molar-refractivity contribution in [3.63, 3.8) is 0 Å². The van der Waals surface area contributed by atoms with Gasteiger partial charge in [-0.3, -0.25) is 9.88 Å². The van der Waals surface area contributed by atoms with Crippen molar-refractivity contribution in [3.05, 3.63) is 30.1 Å². The Balaban J connectivity index is 0.00000144. The first-order chi connectivity index (χ1) is 7.77. The SMILES string of the molecule is CC(CNCc1cccnc1)N(C)C1CC1.Cl. The number of pyridine rings is 1. The van der Waals surface area contributed by atoms with Gasteiger partial charge in [-0.2, -0.15) is 0 Å². The van der Waals surface area contributed by atoms with Gasteiger partial charge in [0.05, 0.1) is 0 Å². The molecule has 3 nitrogen and oxygen atoms in total. The van der Waals surface area contributed by atoms with Gasteiger partial charge in [-0.1, -0.05) is 6.07 Å². The highest BCUT2D eigenvalue weighted by atomic mass is 35.5. The molecule has 1 heterocycles. The zero-order valence-electron chi connectivity index (χ0n) is 10.6. The Kier molecular flexibility index (Phi) is 5.89. The molecule has 1 atom stereocenters. The number of aromatic nitrogens is 1. The highest BCUT2D eigenvalue weighted by Gasteiger charge is 2.28. The lowest BCUT2D eigenvalue weighted by atomic mass is 10.2. The van der Waals surface area contributed by atoms with Gasteiger partial charge in [0.15, 0.2) is 0 Å². The maximum atomic E-state index is 4.11. The molecule has 0 saturated heterocycles. The molecule has 0 aliphatic heterocycles. The van der Waals surface area contributed by atoms with Gasteiger partial charge in [-0.15, -0.1) is 12.4 Å². The van der Waals surface area contributed by atoms with Crippen molar-refractivity contribution in [2.45, 2.75) is 38.4 Å². The van der Waals surface area contributed by atoms with Crippen LogP contribution in [0.5, 0.6) is 0 Å². The molecule has 4 heteroatoms. The number of halogens is 1. The maximum Gasteiger partial charge on any atom is 0.0312 e. The quantitative estimate of drug-likeness (QED) is 0.844. The third-order valence-electron chi connectivity index (χ3n) is 3.31. The Bertz CT molecular complexity index is 314. The summed E-state index contributed by atoms with van der Waals surface area (Å²) < 4.78 is 0. The molecule has 1 aliphatic carbocycles. The summed E-state index contributed by atoms with van der Waals surface area (Å²) in [5.74, 6) is 0. The second-order valence-corrected chi connectivity index (χ2v) is 4.74. The average Bonchev–Trinajstić information content (AvgIpc) is 3.13. The Morgan fingerprint density at radius 3 is 2.88 bits per heavy atom. The van der Waals surface area contributed by atoms with Gasteiger partial charge in [-0.05, 0) is 38.4 Å². The van der Waals surface area contributed by atoms with Crippen LogP contribution in [0.2, 0.25) is 0 Å². The van der Waals surface area contributed by atoms with Gasteiger partial charge in [0.2, 0.25) is 0 Å². The number of hydrogen-bond acceptors (Lipinski definition) is 3. The second-order valence-electron chi connectivity index (χ2n) is 4.74. The van der Waals surface area contributed by atoms with E-state index in [4.69, 9.17) is 0 Å². The van der Waals surface area contributed by atoms with E-state index in [1.807, 2.05) is 18.5 Å². The molecular weight excluding hydrogens is 234 g/mol. The van der Waals surface area contributed by atoms with Crippen LogP contribution in [-0.2, 0) is 6.54 Å². The maximum absolute atomic E-state index is 4.11. The number of nitrogens with one attached hydrogen (secondary N) is 1. The van der Waals surface area contributed by atoms with Gasteiger partial charge < -0.3 is 5.32 Å². The Hall–Kier alpha value is -0.640. The first-order valence-corrected chi connectivity index (χ1v) is 6.09. The summed E-state index contributed by atoms with van der Waals surface area (Å²) in [5.41, 5.74) is 1.25. The third-order valence-corrected chi connectivity index (χ3v) is 3.31. The number of likely N-dealkylation sites (N-methyl/N-ethyl adjacent to an activating group) is 1. The molecule has 1 saturated carbocycles. The highest BCUT2D eigenvalue weighted by molar-refractivity contribution is 5.85. The van der Waals surface area contributed by atoms with Crippen molar-refractivity contribution >= 4 is 12.4 Å². The van der Waals surface area contributed by atoms with E-state index in [0.717, 1.165) is 19.1 Å². The predicted molar refractivity (Wildman–Crippen MR) is 73.4 cm³/mol. The summed E-state index contributed by atoms with van der Waals surface area (Å²) in [6, 6.07) is 5.55. The van der Waals surface area contributed by atoms with Gasteiger partial charge >= 0.3 is 0 Å². The lowest BCUT2D eigenvalue weighted by molar-refractivity contribution is 0.241. The number of rotatable bonds is 6. The van der Waals surface area contributed by atoms with E-state index in [0.29, 0.717) is 6.04 Å². The minimum Gasteiger partial charge on any atom is -0.311 e. The molecule has 0 spiro atoms. The Morgan fingerprint density at radius 1 is 1.53 bits per heavy atom. The summed E-state index contributed by atoms with van der Waals surface area (Å²) >= 11 is 0. The monoisotopic (exact) mass is 255 g/mol. The zero-order chi connectivity index (χ0) is 11.4. The van der Waals surface area contributed by atoms with Gasteiger partial charge in [0.1, 0.15) is 0 Å². The van der Waals surface area contributed by atoms with E-state index in [1.165, 1.54) is 18.4 Å². The van der Waals surface area contributed by atoms with Crippen LogP contribution < -0.4 is 5.32 Å². The van der Waals surface area contributed by atoms with Crippen molar-refractivity contribution in [3.8, 4) is 0 Å². The average molecular weight is 256 g/mol. The molecule has 0 bridgehead atoms. The molecule has 1 aliphatic rings. The minimum absolute atomic E-state index is 0. The van der Waals surface area contributed by atoms with E-state index in [-0.39, 0.29) is 12.4 Å². The first-order valence-electron chi connectivity index (χ1n) is 6.09. The van der Waals surface area contributed by atoms with Gasteiger partial charge in [0.25, 0.3) is 0 Å². The van der Waals surface area contributed by atoms with Crippen LogP contribution in [0.1, 0.15) is 25.3 Å². The lowest BCUT2D eigenvalue weighted by Crippen LogP contribution is -2.38. The summed E-state index contributed by atoms with van der Waals surface area (Å²) in [6.45, 7) is 4.24. The molecule has 1 N–H and O–H groups in total. The van der Waals surface area contributed by atoms with Gasteiger partial charge in [0, 0.05) is 37.6 Å². The topological polar surface area (TPSA) is 28.2 Å². The second kappa shape index (κ2) is 6.94. The lowest BCUT2D eigenvalue weighted by Gasteiger charge is -2.24. The fraction of sp³-hybridized carbons (Fsp3) is 0.615. The van der Waals surface area contributed by atoms with Gasteiger partial charge in [-0.25, -0.2) is 0 Å². The van der Waals surface area contributed by atoms with Crippen LogP contribution in [0.25, 0.3) is 0 Å². The van der Waals surface area contributed by atoms with E-state index in [2.05, 4.69) is 35.2 Å². The first kappa shape index (κ1) is 14.4. The molecule has 17 heavy (non-hydrogen) atoms. The fourth-order valence-electron chi connectivity index (χ4n) is 1.91. The van der Waals surface area contributed by atoms with Crippen LogP contribution in [0.15, 0.2) is 24.5 Å². The minimum atomic E-state index is 0. The smallest absolute Gasteiger partial charge is 0.0312 e. The normalized spacial score (nSPS) is 16.6. The highest BCUT2D eigenvalue weighted by Crippen LogP contribution is 2.26. The van der Waals surface area contributed by atoms with Crippen molar-refractivity contribution in [1.82, 2.24) is 15.2 Å². The Labute approximate surface area is 110 Å². The molecule has 0 radical (unpaired) electrons. The summed E-state index contributed by atoms with van der Waals surface area (Å²) in [4.78, 5) is 6.59. The predicted octanol–water partition coefficient (Wildman–Crippen LogP) is 2.08. The molecule has 2 rings (SSSR count). The summed E-state index contributed by atoms with van der Waals surface area (Å²) in [5, 5.41) is 3.48. The van der Waals surface area contributed by atoms with Crippen molar-refractivity contribution in [2.75, 3.05) is 13.6 Å². The molecular formula is C13H22ClN3. The van der Waals surface area contributed by atoms with Crippen LogP contribution in [-0.4, -0.2) is 35.6 Å². The third kappa shape index (κ3) is 4.62. The van der Waals surface area contributed by atoms with Crippen LogP contribution in [0.4, 0.5) is 0 Å². The molecule has 1 fully saturated rings. The molecule has 0 aromatic carbocycles. The van der Waals surface area contributed by atoms with Crippen molar-refractivity contribution in [2.24, 2.45) is 0 Å². The molecule has 1 aromatic rings. The largest absolute Gasteiger partial charge is 0.311 e. The standard InChI is InChI=1S/C13H21N3.ClH/c1-11(16(2)13-5-6-13)8-15-10-12-4-3-7-14-9-12;/h3-4,7,9,11,13,15H,5-6,8,10H2,1-2H3;1H. The molecule has 0 amide bonds. The number of nitrogens with zero attached hydrogens (tertiary/aromatic N) is 2. The fourth-order valence-corrected chi connectivity index (χ4v) is 1.91. The van der Waals surface area contributed by atoms with E-state index in [9.17, 15) is 0 Å². The van der Waals surface area contributed by atoms with Crippen molar-refractivity contribution in [1.29, 1.82) is 0 Å². The summed E-state index contributed by atoms with van der Waals surface area (Å²) in [7, 11) is 2.23. The molecule has 1 aromatic heterocycles. The van der Waals surface area contributed by atoms with Crippen LogP contribution in [0.3, 0.4) is 0 Å². The number of hydrogen-bond donors (Lipinski definition) is 1. The molecule has 1 unspecified atom stereocenters. The van der Waals surface area contributed by atoms with Crippen molar-refractivity contribution < 1.29 is 0 Å². The van der Waals surface area contributed by atoms with E-state index >= 15 is 0 Å². The summed E-state index contributed by atoms with van der Waals surface area (Å²) in [6.07, 6.45) is 6.49. The van der Waals surface area contributed by atoms with E-state index in [1.54, 1.807) is 0 Å². The Morgan fingerprint density at radius 2 is 2.29 bits per heavy atom. The van der Waals surface area contributed by atoms with E-state index < -0.39 is 0 Å². The molecule has 96 valence electrons.